The number of hydrogen-bond acceptors (Lipinski definition) is 6. The van der Waals surface area contributed by atoms with Crippen molar-refractivity contribution in [2.45, 2.75) is 32.0 Å². The van der Waals surface area contributed by atoms with Gasteiger partial charge in [0.25, 0.3) is 10.9 Å². The standard InChI is InChI=1S/C21H23N3O3/c25-20-18(22-13-17-7-4-12-27-17)19(21(20)26)23-16-8-10-24(11-9-16)14-15-5-2-1-3-6-15/h1-7,12,16,22-23H,8-11,13-14H2. The average Bonchev–Trinajstić information content (AvgIpc) is 3.22. The van der Waals surface area contributed by atoms with Crippen LogP contribution in [-0.4, -0.2) is 24.0 Å². The van der Waals surface area contributed by atoms with Crippen molar-refractivity contribution in [3.05, 3.63) is 80.5 Å². The van der Waals surface area contributed by atoms with Gasteiger partial charge >= 0.3 is 0 Å². The van der Waals surface area contributed by atoms with Gasteiger partial charge in [-0.1, -0.05) is 30.3 Å². The van der Waals surface area contributed by atoms with E-state index in [0.29, 0.717) is 17.9 Å². The summed E-state index contributed by atoms with van der Waals surface area (Å²) in [6.07, 6.45) is 3.48. The summed E-state index contributed by atoms with van der Waals surface area (Å²) in [5.74, 6) is 0.725. The van der Waals surface area contributed by atoms with Gasteiger partial charge in [0.05, 0.1) is 12.8 Å². The van der Waals surface area contributed by atoms with Gasteiger partial charge in [0.2, 0.25) is 0 Å². The third kappa shape index (κ3) is 3.95. The summed E-state index contributed by atoms with van der Waals surface area (Å²) >= 11 is 0. The minimum atomic E-state index is -0.453. The summed E-state index contributed by atoms with van der Waals surface area (Å²) in [4.78, 5) is 26.3. The summed E-state index contributed by atoms with van der Waals surface area (Å²) < 4.78 is 5.25. The maximum absolute atomic E-state index is 12.0. The molecule has 1 saturated heterocycles. The molecule has 2 aromatic carbocycles. The van der Waals surface area contributed by atoms with E-state index in [1.807, 2.05) is 12.1 Å². The van der Waals surface area contributed by atoms with Crippen LogP contribution in [0.15, 0.2) is 62.7 Å². The molecule has 2 heterocycles. The van der Waals surface area contributed by atoms with Crippen LogP contribution < -0.4 is 21.5 Å². The highest BCUT2D eigenvalue weighted by molar-refractivity contribution is 5.74. The number of hydrogen-bond donors (Lipinski definition) is 2. The predicted octanol–water partition coefficient (Wildman–Crippen LogP) is 2.56. The summed E-state index contributed by atoms with van der Waals surface area (Å²) in [5.41, 5.74) is 1.24. The Morgan fingerprint density at radius 1 is 0.963 bits per heavy atom. The molecule has 3 aromatic rings. The molecule has 1 aromatic heterocycles. The lowest BCUT2D eigenvalue weighted by Gasteiger charge is -2.33. The molecule has 1 aliphatic heterocycles. The van der Waals surface area contributed by atoms with Gasteiger partial charge in [-0.05, 0) is 30.5 Å². The van der Waals surface area contributed by atoms with Crippen molar-refractivity contribution in [1.29, 1.82) is 0 Å². The van der Waals surface area contributed by atoms with Crippen LogP contribution in [0, 0.1) is 0 Å². The zero-order valence-corrected chi connectivity index (χ0v) is 15.1. The fraction of sp³-hybridized carbons (Fsp3) is 0.333. The Balaban J connectivity index is 1.31. The molecule has 0 saturated carbocycles. The minimum absolute atomic E-state index is 0.212. The Bertz CT molecular complexity index is 935. The highest BCUT2D eigenvalue weighted by atomic mass is 16.3. The normalized spacial score (nSPS) is 15.9. The van der Waals surface area contributed by atoms with Crippen LogP contribution in [0.25, 0.3) is 0 Å². The van der Waals surface area contributed by atoms with Crippen LogP contribution in [0.1, 0.15) is 24.2 Å². The van der Waals surface area contributed by atoms with Gasteiger partial charge < -0.3 is 15.1 Å². The summed E-state index contributed by atoms with van der Waals surface area (Å²) in [6, 6.07) is 14.3. The highest BCUT2D eigenvalue weighted by Crippen LogP contribution is 2.21. The van der Waals surface area contributed by atoms with Crippen LogP contribution in [0.2, 0.25) is 0 Å². The van der Waals surface area contributed by atoms with E-state index in [4.69, 9.17) is 4.42 Å². The van der Waals surface area contributed by atoms with E-state index in [9.17, 15) is 9.59 Å². The number of rotatable bonds is 7. The first kappa shape index (κ1) is 17.5. The van der Waals surface area contributed by atoms with Gasteiger partial charge in [-0.2, -0.15) is 0 Å². The first-order valence-corrected chi connectivity index (χ1v) is 9.33. The van der Waals surface area contributed by atoms with E-state index < -0.39 is 10.9 Å². The molecule has 0 unspecified atom stereocenters. The number of piperidine rings is 1. The molecule has 6 nitrogen and oxygen atoms in total. The lowest BCUT2D eigenvalue weighted by molar-refractivity contribution is 0.211. The van der Waals surface area contributed by atoms with Crippen molar-refractivity contribution in [2.75, 3.05) is 23.7 Å². The molecule has 0 radical (unpaired) electrons. The molecule has 27 heavy (non-hydrogen) atoms. The fourth-order valence-electron chi connectivity index (χ4n) is 3.57. The molecule has 4 rings (SSSR count). The van der Waals surface area contributed by atoms with Crippen molar-refractivity contribution in [1.82, 2.24) is 4.90 Å². The number of anilines is 2. The second-order valence-electron chi connectivity index (χ2n) is 7.02. The summed E-state index contributed by atoms with van der Waals surface area (Å²) in [5, 5.41) is 6.31. The van der Waals surface area contributed by atoms with Gasteiger partial charge in [-0.15, -0.1) is 0 Å². The fourth-order valence-corrected chi connectivity index (χ4v) is 3.57. The van der Waals surface area contributed by atoms with Gasteiger partial charge in [-0.3, -0.25) is 14.5 Å². The van der Waals surface area contributed by atoms with Crippen LogP contribution in [0.3, 0.4) is 0 Å². The Labute approximate surface area is 157 Å². The monoisotopic (exact) mass is 365 g/mol. The van der Waals surface area contributed by atoms with E-state index in [0.717, 1.165) is 38.2 Å². The van der Waals surface area contributed by atoms with Crippen molar-refractivity contribution in [3.8, 4) is 0 Å². The molecule has 0 bridgehead atoms. The second kappa shape index (κ2) is 7.80. The topological polar surface area (TPSA) is 74.6 Å². The first-order valence-electron chi connectivity index (χ1n) is 9.33. The zero-order valence-electron chi connectivity index (χ0n) is 15.1. The van der Waals surface area contributed by atoms with Crippen molar-refractivity contribution in [3.63, 3.8) is 0 Å². The molecule has 0 aliphatic carbocycles. The van der Waals surface area contributed by atoms with Crippen LogP contribution in [-0.2, 0) is 13.1 Å². The van der Waals surface area contributed by atoms with Gasteiger partial charge in [-0.25, -0.2) is 0 Å². The Morgan fingerprint density at radius 2 is 1.70 bits per heavy atom. The molecule has 1 fully saturated rings. The average molecular weight is 365 g/mol. The maximum atomic E-state index is 12.0. The summed E-state index contributed by atoms with van der Waals surface area (Å²) in [7, 11) is 0. The molecule has 1 aliphatic rings. The molecule has 2 N–H and O–H groups in total. The van der Waals surface area contributed by atoms with Crippen molar-refractivity contribution < 1.29 is 4.42 Å². The van der Waals surface area contributed by atoms with E-state index in [2.05, 4.69) is 39.8 Å². The number of furan rings is 1. The maximum Gasteiger partial charge on any atom is 0.253 e. The summed E-state index contributed by atoms with van der Waals surface area (Å²) in [6.45, 7) is 3.28. The third-order valence-electron chi connectivity index (χ3n) is 5.11. The Kier molecular flexibility index (Phi) is 5.07. The first-order chi connectivity index (χ1) is 13.2. The number of likely N-dealkylation sites (tertiary alicyclic amines) is 1. The lowest BCUT2D eigenvalue weighted by atomic mass is 10.0. The molecule has 0 spiro atoms. The number of benzene rings is 1. The minimum Gasteiger partial charge on any atom is -0.467 e. The predicted molar refractivity (Wildman–Crippen MR) is 106 cm³/mol. The molecule has 140 valence electrons. The van der Waals surface area contributed by atoms with E-state index >= 15 is 0 Å². The SMILES string of the molecule is O=c1c(NCc2ccco2)c(NC2CCN(Cc3ccccc3)CC2)c1=O. The van der Waals surface area contributed by atoms with Crippen LogP contribution in [0.4, 0.5) is 11.4 Å². The highest BCUT2D eigenvalue weighted by Gasteiger charge is 2.25. The van der Waals surface area contributed by atoms with E-state index in [1.54, 1.807) is 12.3 Å². The molecule has 0 amide bonds. The molecular formula is C21H23N3O3. The zero-order chi connectivity index (χ0) is 18.6. The molecule has 6 heteroatoms. The largest absolute Gasteiger partial charge is 0.467 e. The van der Waals surface area contributed by atoms with Gasteiger partial charge in [0.15, 0.2) is 0 Å². The van der Waals surface area contributed by atoms with E-state index in [-0.39, 0.29) is 6.04 Å². The van der Waals surface area contributed by atoms with Gasteiger partial charge in [0.1, 0.15) is 17.1 Å². The Hall–Kier alpha value is -2.86. The van der Waals surface area contributed by atoms with Crippen molar-refractivity contribution in [2.24, 2.45) is 0 Å². The van der Waals surface area contributed by atoms with Crippen LogP contribution >= 0.6 is 0 Å². The molecule has 0 atom stereocenters. The quantitative estimate of drug-likeness (QED) is 0.627. The molecular weight excluding hydrogens is 342 g/mol. The van der Waals surface area contributed by atoms with Crippen molar-refractivity contribution >= 4 is 11.4 Å². The number of nitrogens with one attached hydrogen (secondary N) is 2. The van der Waals surface area contributed by atoms with Crippen LogP contribution in [0.5, 0.6) is 0 Å². The smallest absolute Gasteiger partial charge is 0.253 e. The van der Waals surface area contributed by atoms with E-state index in [1.165, 1.54) is 5.56 Å². The lowest BCUT2D eigenvalue weighted by Crippen LogP contribution is -2.43. The third-order valence-corrected chi connectivity index (χ3v) is 5.11. The Morgan fingerprint density at radius 3 is 2.41 bits per heavy atom. The van der Waals surface area contributed by atoms with Gasteiger partial charge in [0, 0.05) is 25.7 Å². The second-order valence-corrected chi connectivity index (χ2v) is 7.02. The number of nitrogens with zero attached hydrogens (tertiary/aromatic N) is 1.